The molecule has 2 aliphatic carbocycles. The second kappa shape index (κ2) is 4.89. The summed E-state index contributed by atoms with van der Waals surface area (Å²) in [5.74, 6) is 0.925. The van der Waals surface area contributed by atoms with Crippen molar-refractivity contribution in [2.75, 3.05) is 19.6 Å². The largest absolute Gasteiger partial charge is 0.314 e. The standard InChI is InChI=1S/C15H28N2/c1-15(8-3-2-4-9-15)17-10-7-13(12-17)11-16-14-5-6-14/h13-14,16H,2-12H2,1H3. The lowest BCUT2D eigenvalue weighted by Gasteiger charge is -2.42. The van der Waals surface area contributed by atoms with E-state index in [1.807, 2.05) is 0 Å². The lowest BCUT2D eigenvalue weighted by molar-refractivity contribution is 0.0869. The summed E-state index contributed by atoms with van der Waals surface area (Å²) in [5, 5.41) is 3.71. The average molecular weight is 236 g/mol. The Morgan fingerprint density at radius 1 is 1.12 bits per heavy atom. The quantitative estimate of drug-likeness (QED) is 0.807. The topological polar surface area (TPSA) is 15.3 Å². The summed E-state index contributed by atoms with van der Waals surface area (Å²) in [5.41, 5.74) is 0.548. The van der Waals surface area contributed by atoms with Crippen molar-refractivity contribution in [1.29, 1.82) is 0 Å². The van der Waals surface area contributed by atoms with Crippen molar-refractivity contribution in [2.24, 2.45) is 5.92 Å². The van der Waals surface area contributed by atoms with Gasteiger partial charge in [0.25, 0.3) is 0 Å². The monoisotopic (exact) mass is 236 g/mol. The highest BCUT2D eigenvalue weighted by Crippen LogP contribution is 2.36. The summed E-state index contributed by atoms with van der Waals surface area (Å²) in [7, 11) is 0. The number of rotatable bonds is 4. The second-order valence-corrected chi connectivity index (χ2v) is 6.84. The van der Waals surface area contributed by atoms with E-state index >= 15 is 0 Å². The Bertz CT molecular complexity index is 254. The van der Waals surface area contributed by atoms with Gasteiger partial charge in [0.1, 0.15) is 0 Å². The third-order valence-electron chi connectivity index (χ3n) is 5.25. The molecule has 17 heavy (non-hydrogen) atoms. The van der Waals surface area contributed by atoms with E-state index < -0.39 is 0 Å². The average Bonchev–Trinajstić information content (AvgIpc) is 3.04. The summed E-state index contributed by atoms with van der Waals surface area (Å²) in [6, 6.07) is 0.884. The molecule has 3 aliphatic rings. The number of likely N-dealkylation sites (tertiary alicyclic amines) is 1. The van der Waals surface area contributed by atoms with Crippen LogP contribution < -0.4 is 5.32 Å². The molecule has 2 saturated carbocycles. The molecule has 0 aromatic carbocycles. The normalized spacial score (nSPS) is 34.1. The number of hydrogen-bond acceptors (Lipinski definition) is 2. The van der Waals surface area contributed by atoms with E-state index in [4.69, 9.17) is 0 Å². The smallest absolute Gasteiger partial charge is 0.0181 e. The van der Waals surface area contributed by atoms with E-state index in [1.54, 1.807) is 0 Å². The highest BCUT2D eigenvalue weighted by Gasteiger charge is 2.37. The minimum Gasteiger partial charge on any atom is -0.314 e. The fraction of sp³-hybridized carbons (Fsp3) is 1.00. The summed E-state index contributed by atoms with van der Waals surface area (Å²) < 4.78 is 0. The number of nitrogens with zero attached hydrogens (tertiary/aromatic N) is 1. The number of hydrogen-bond donors (Lipinski definition) is 1. The summed E-state index contributed by atoms with van der Waals surface area (Å²) in [6.45, 7) is 6.50. The van der Waals surface area contributed by atoms with Gasteiger partial charge in [0.2, 0.25) is 0 Å². The first-order chi connectivity index (χ1) is 8.26. The van der Waals surface area contributed by atoms with Crippen LogP contribution in [0.1, 0.15) is 58.3 Å². The molecule has 1 heterocycles. The van der Waals surface area contributed by atoms with E-state index in [0.717, 1.165) is 12.0 Å². The van der Waals surface area contributed by atoms with Crippen molar-refractivity contribution in [3.8, 4) is 0 Å². The van der Waals surface area contributed by atoms with Crippen molar-refractivity contribution in [3.63, 3.8) is 0 Å². The Hall–Kier alpha value is -0.0800. The van der Waals surface area contributed by atoms with Crippen molar-refractivity contribution in [3.05, 3.63) is 0 Å². The first-order valence-corrected chi connectivity index (χ1v) is 7.75. The van der Waals surface area contributed by atoms with Crippen molar-refractivity contribution >= 4 is 0 Å². The van der Waals surface area contributed by atoms with Gasteiger partial charge in [0.15, 0.2) is 0 Å². The van der Waals surface area contributed by atoms with Crippen LogP contribution in [0, 0.1) is 5.92 Å². The SMILES string of the molecule is CC1(N2CCC(CNC3CC3)C2)CCCCC1. The van der Waals surface area contributed by atoms with Crippen LogP contribution in [0.25, 0.3) is 0 Å². The molecule has 1 aliphatic heterocycles. The fourth-order valence-corrected chi connectivity index (χ4v) is 3.74. The molecule has 0 radical (unpaired) electrons. The second-order valence-electron chi connectivity index (χ2n) is 6.84. The third kappa shape index (κ3) is 2.85. The van der Waals surface area contributed by atoms with Gasteiger partial charge in [-0.2, -0.15) is 0 Å². The van der Waals surface area contributed by atoms with E-state index in [9.17, 15) is 0 Å². The van der Waals surface area contributed by atoms with Crippen LogP contribution >= 0.6 is 0 Å². The Morgan fingerprint density at radius 2 is 1.88 bits per heavy atom. The van der Waals surface area contributed by atoms with Crippen molar-refractivity contribution in [2.45, 2.75) is 69.9 Å². The molecule has 0 aromatic rings. The minimum absolute atomic E-state index is 0.548. The van der Waals surface area contributed by atoms with Crippen LogP contribution in [0.2, 0.25) is 0 Å². The molecule has 2 nitrogen and oxygen atoms in total. The zero-order valence-electron chi connectivity index (χ0n) is 11.4. The molecule has 1 atom stereocenters. The van der Waals surface area contributed by atoms with E-state index in [0.29, 0.717) is 5.54 Å². The summed E-state index contributed by atoms with van der Waals surface area (Å²) >= 11 is 0. The van der Waals surface area contributed by atoms with Gasteiger partial charge in [-0.3, -0.25) is 4.90 Å². The Morgan fingerprint density at radius 3 is 2.59 bits per heavy atom. The van der Waals surface area contributed by atoms with E-state index in [1.165, 1.54) is 71.0 Å². The summed E-state index contributed by atoms with van der Waals surface area (Å²) in [4.78, 5) is 2.81. The molecule has 0 bridgehead atoms. The van der Waals surface area contributed by atoms with Gasteiger partial charge in [0.05, 0.1) is 0 Å². The van der Waals surface area contributed by atoms with Gasteiger partial charge in [-0.1, -0.05) is 19.3 Å². The van der Waals surface area contributed by atoms with Crippen LogP contribution in [-0.2, 0) is 0 Å². The van der Waals surface area contributed by atoms with Gasteiger partial charge in [-0.05, 0) is 58.0 Å². The van der Waals surface area contributed by atoms with Crippen molar-refractivity contribution in [1.82, 2.24) is 10.2 Å². The number of nitrogens with one attached hydrogen (secondary N) is 1. The van der Waals surface area contributed by atoms with Crippen molar-refractivity contribution < 1.29 is 0 Å². The zero-order chi connectivity index (χ0) is 11.7. The van der Waals surface area contributed by atoms with E-state index in [-0.39, 0.29) is 0 Å². The molecule has 1 saturated heterocycles. The maximum atomic E-state index is 3.71. The van der Waals surface area contributed by atoms with E-state index in [2.05, 4.69) is 17.1 Å². The van der Waals surface area contributed by atoms with Crippen LogP contribution in [0.5, 0.6) is 0 Å². The first kappa shape index (κ1) is 12.0. The van der Waals surface area contributed by atoms with Gasteiger partial charge >= 0.3 is 0 Å². The molecule has 1 unspecified atom stereocenters. The third-order valence-corrected chi connectivity index (χ3v) is 5.25. The molecule has 98 valence electrons. The van der Waals surface area contributed by atoms with Crippen LogP contribution in [0.15, 0.2) is 0 Å². The Labute approximate surface area is 106 Å². The highest BCUT2D eigenvalue weighted by molar-refractivity contribution is 4.94. The predicted octanol–water partition coefficient (Wildman–Crippen LogP) is 2.78. The van der Waals surface area contributed by atoms with Crippen LogP contribution in [0.3, 0.4) is 0 Å². The Balaban J connectivity index is 1.48. The highest BCUT2D eigenvalue weighted by atomic mass is 15.2. The predicted molar refractivity (Wildman–Crippen MR) is 72.2 cm³/mol. The zero-order valence-corrected chi connectivity index (χ0v) is 11.4. The lowest BCUT2D eigenvalue weighted by Crippen LogP contribution is -2.46. The molecule has 3 rings (SSSR count). The maximum absolute atomic E-state index is 3.71. The molecule has 0 spiro atoms. The summed E-state index contributed by atoms with van der Waals surface area (Å²) in [6.07, 6.45) is 11.5. The molecular weight excluding hydrogens is 208 g/mol. The minimum atomic E-state index is 0.548. The van der Waals surface area contributed by atoms with Crippen LogP contribution in [0.4, 0.5) is 0 Å². The Kier molecular flexibility index (Phi) is 3.45. The molecule has 3 fully saturated rings. The molecule has 0 aromatic heterocycles. The van der Waals surface area contributed by atoms with Gasteiger partial charge in [-0.25, -0.2) is 0 Å². The first-order valence-electron chi connectivity index (χ1n) is 7.75. The fourth-order valence-electron chi connectivity index (χ4n) is 3.74. The van der Waals surface area contributed by atoms with Crippen LogP contribution in [-0.4, -0.2) is 36.1 Å². The molecular formula is C15H28N2. The molecule has 0 amide bonds. The molecule has 2 heteroatoms. The van der Waals surface area contributed by atoms with Gasteiger partial charge < -0.3 is 5.32 Å². The molecule has 1 N–H and O–H groups in total. The lowest BCUT2D eigenvalue weighted by atomic mass is 9.82. The van der Waals surface area contributed by atoms with Gasteiger partial charge in [0, 0.05) is 18.1 Å². The maximum Gasteiger partial charge on any atom is 0.0181 e. The van der Waals surface area contributed by atoms with Gasteiger partial charge in [-0.15, -0.1) is 0 Å².